The fourth-order valence-corrected chi connectivity index (χ4v) is 2.87. The van der Waals surface area contributed by atoms with Crippen LogP contribution in [0, 0.1) is 12.8 Å². The summed E-state index contributed by atoms with van der Waals surface area (Å²) in [5.74, 6) is 1.47. The Morgan fingerprint density at radius 2 is 2.19 bits per heavy atom. The first-order valence-corrected chi connectivity index (χ1v) is 6.87. The summed E-state index contributed by atoms with van der Waals surface area (Å²) in [6.07, 6.45) is 0.395. The van der Waals surface area contributed by atoms with Gasteiger partial charge in [-0.1, -0.05) is 6.92 Å². The number of aryl methyl sites for hydroxylation is 1. The lowest BCUT2D eigenvalue weighted by Gasteiger charge is -2.19. The molecule has 8 nitrogen and oxygen atoms in total. The molecule has 2 aromatic rings. The predicted octanol–water partition coefficient (Wildman–Crippen LogP) is 0.641. The van der Waals surface area contributed by atoms with Gasteiger partial charge in [0.2, 0.25) is 11.8 Å². The van der Waals surface area contributed by atoms with Crippen LogP contribution in [0.2, 0.25) is 0 Å². The monoisotopic (exact) mass is 293 g/mol. The van der Waals surface area contributed by atoms with E-state index in [1.54, 1.807) is 0 Å². The Morgan fingerprint density at radius 3 is 2.81 bits per heavy atom. The van der Waals surface area contributed by atoms with E-state index in [9.17, 15) is 5.11 Å². The number of hydrogen-bond donors (Lipinski definition) is 2. The summed E-state index contributed by atoms with van der Waals surface area (Å²) < 4.78 is 13.0. The number of aliphatic hydroxyl groups is 1. The number of fused-ring (bicyclic) bond motifs is 1. The van der Waals surface area contributed by atoms with Crippen molar-refractivity contribution in [2.24, 2.45) is 5.92 Å². The number of nitrogen functional groups attached to an aromatic ring is 1. The number of nitrogens with zero attached hydrogens (tertiary/aromatic N) is 4. The number of nitrogens with two attached hydrogens (primary N) is 1. The van der Waals surface area contributed by atoms with Gasteiger partial charge in [0.25, 0.3) is 0 Å². The fourth-order valence-electron chi connectivity index (χ4n) is 2.87. The van der Waals surface area contributed by atoms with Crippen LogP contribution in [-0.2, 0) is 4.74 Å². The summed E-state index contributed by atoms with van der Waals surface area (Å²) in [6.45, 7) is 3.96. The third kappa shape index (κ3) is 2.20. The smallest absolute Gasteiger partial charge is 0.246 e. The van der Waals surface area contributed by atoms with Gasteiger partial charge in [0.15, 0.2) is 11.2 Å². The minimum atomic E-state index is -0.230. The first kappa shape index (κ1) is 14.0. The standard InChI is InChI=1S/C13H19N5O3/c1-6-4-8(5-19)21-12(6)18-7(2)15-9-10(18)16-13(14)17-11(9)20-3/h6,8,12,19H,4-5H2,1-3H3,(H2,14,16,17)/t6-,8?,12?/m0/s1. The first-order valence-electron chi connectivity index (χ1n) is 6.87. The highest BCUT2D eigenvalue weighted by Gasteiger charge is 2.35. The number of aromatic nitrogens is 4. The molecule has 3 N–H and O–H groups in total. The summed E-state index contributed by atoms with van der Waals surface area (Å²) in [5.41, 5.74) is 6.89. The number of methoxy groups -OCH3 is 1. The van der Waals surface area contributed by atoms with Crippen molar-refractivity contribution in [2.45, 2.75) is 32.6 Å². The second kappa shape index (κ2) is 5.12. The molecule has 0 spiro atoms. The number of anilines is 1. The maximum absolute atomic E-state index is 9.29. The molecule has 1 saturated heterocycles. The molecule has 1 aliphatic heterocycles. The fraction of sp³-hybridized carbons (Fsp3) is 0.615. The molecule has 21 heavy (non-hydrogen) atoms. The lowest BCUT2D eigenvalue weighted by atomic mass is 10.1. The van der Waals surface area contributed by atoms with E-state index in [4.69, 9.17) is 15.2 Å². The molecule has 8 heteroatoms. The minimum absolute atomic E-state index is 0.00691. The van der Waals surface area contributed by atoms with Gasteiger partial charge in [-0.05, 0) is 13.3 Å². The Labute approximate surface area is 121 Å². The highest BCUT2D eigenvalue weighted by Crippen LogP contribution is 2.37. The van der Waals surface area contributed by atoms with Crippen molar-refractivity contribution >= 4 is 17.1 Å². The average Bonchev–Trinajstić information content (AvgIpc) is 2.97. The number of rotatable bonds is 3. The van der Waals surface area contributed by atoms with E-state index in [2.05, 4.69) is 21.9 Å². The molecule has 0 aromatic carbocycles. The largest absolute Gasteiger partial charge is 0.479 e. The molecule has 1 fully saturated rings. The molecular formula is C13H19N5O3. The molecule has 0 aliphatic carbocycles. The highest BCUT2D eigenvalue weighted by atomic mass is 16.5. The third-order valence-electron chi connectivity index (χ3n) is 3.81. The van der Waals surface area contributed by atoms with Crippen molar-refractivity contribution in [3.63, 3.8) is 0 Å². The SMILES string of the molecule is COc1nc(N)nc2c1nc(C)n2C1OC(CO)C[C@@H]1C. The van der Waals surface area contributed by atoms with E-state index in [0.29, 0.717) is 17.0 Å². The molecule has 0 amide bonds. The van der Waals surface area contributed by atoms with Crippen LogP contribution in [0.15, 0.2) is 0 Å². The van der Waals surface area contributed by atoms with E-state index < -0.39 is 0 Å². The van der Waals surface area contributed by atoms with Crippen LogP contribution >= 0.6 is 0 Å². The van der Waals surface area contributed by atoms with E-state index in [0.717, 1.165) is 12.2 Å². The Kier molecular flexibility index (Phi) is 3.42. The van der Waals surface area contributed by atoms with Crippen LogP contribution in [0.5, 0.6) is 5.88 Å². The summed E-state index contributed by atoms with van der Waals surface area (Å²) in [5, 5.41) is 9.29. The number of ether oxygens (including phenoxy) is 2. The van der Waals surface area contributed by atoms with E-state index in [-0.39, 0.29) is 30.8 Å². The molecular weight excluding hydrogens is 274 g/mol. The first-order chi connectivity index (χ1) is 10.0. The quantitative estimate of drug-likeness (QED) is 0.854. The Bertz CT molecular complexity index is 671. The molecule has 3 rings (SSSR count). The van der Waals surface area contributed by atoms with Gasteiger partial charge in [0.05, 0.1) is 19.8 Å². The number of aliphatic hydroxyl groups excluding tert-OH is 1. The van der Waals surface area contributed by atoms with Crippen LogP contribution in [0.4, 0.5) is 5.95 Å². The Morgan fingerprint density at radius 1 is 1.43 bits per heavy atom. The van der Waals surface area contributed by atoms with Crippen LogP contribution in [0.1, 0.15) is 25.4 Å². The number of hydrogen-bond acceptors (Lipinski definition) is 7. The van der Waals surface area contributed by atoms with Gasteiger partial charge in [0, 0.05) is 5.92 Å². The zero-order chi connectivity index (χ0) is 15.1. The molecule has 0 radical (unpaired) electrons. The van der Waals surface area contributed by atoms with E-state index in [1.807, 2.05) is 11.5 Å². The van der Waals surface area contributed by atoms with Crippen molar-refractivity contribution in [3.05, 3.63) is 5.82 Å². The van der Waals surface area contributed by atoms with Gasteiger partial charge in [-0.15, -0.1) is 0 Å². The van der Waals surface area contributed by atoms with Crippen LogP contribution in [0.25, 0.3) is 11.2 Å². The van der Waals surface area contributed by atoms with Gasteiger partial charge in [-0.2, -0.15) is 9.97 Å². The highest BCUT2D eigenvalue weighted by molar-refractivity contribution is 5.78. The molecule has 1 aliphatic rings. The van der Waals surface area contributed by atoms with Crippen LogP contribution in [-0.4, -0.2) is 44.4 Å². The normalized spacial score (nSPS) is 25.6. The predicted molar refractivity (Wildman–Crippen MR) is 75.8 cm³/mol. The van der Waals surface area contributed by atoms with Gasteiger partial charge >= 0.3 is 0 Å². The maximum Gasteiger partial charge on any atom is 0.246 e. The molecule has 3 atom stereocenters. The van der Waals surface area contributed by atoms with E-state index >= 15 is 0 Å². The van der Waals surface area contributed by atoms with Crippen molar-refractivity contribution in [3.8, 4) is 5.88 Å². The second-order valence-electron chi connectivity index (χ2n) is 5.34. The third-order valence-corrected chi connectivity index (χ3v) is 3.81. The molecule has 2 aromatic heterocycles. The Hall–Kier alpha value is -1.93. The van der Waals surface area contributed by atoms with Gasteiger partial charge in [-0.25, -0.2) is 4.98 Å². The summed E-state index contributed by atoms with van der Waals surface area (Å²) >= 11 is 0. The summed E-state index contributed by atoms with van der Waals surface area (Å²) in [7, 11) is 1.52. The average molecular weight is 293 g/mol. The van der Waals surface area contributed by atoms with Gasteiger partial charge < -0.3 is 20.3 Å². The van der Waals surface area contributed by atoms with Crippen molar-refractivity contribution in [1.82, 2.24) is 19.5 Å². The topological polar surface area (TPSA) is 108 Å². The zero-order valence-corrected chi connectivity index (χ0v) is 12.3. The molecule has 3 heterocycles. The lowest BCUT2D eigenvalue weighted by Crippen LogP contribution is -2.17. The molecule has 114 valence electrons. The summed E-state index contributed by atoms with van der Waals surface area (Å²) in [6, 6.07) is 0. The lowest BCUT2D eigenvalue weighted by molar-refractivity contribution is -0.0303. The minimum Gasteiger partial charge on any atom is -0.479 e. The van der Waals surface area contributed by atoms with Crippen LogP contribution < -0.4 is 10.5 Å². The maximum atomic E-state index is 9.29. The van der Waals surface area contributed by atoms with E-state index in [1.165, 1.54) is 7.11 Å². The van der Waals surface area contributed by atoms with Crippen LogP contribution in [0.3, 0.4) is 0 Å². The molecule has 0 saturated carbocycles. The second-order valence-corrected chi connectivity index (χ2v) is 5.34. The molecule has 2 unspecified atom stereocenters. The molecule has 0 bridgehead atoms. The zero-order valence-electron chi connectivity index (χ0n) is 12.3. The van der Waals surface area contributed by atoms with Gasteiger partial charge in [0.1, 0.15) is 12.1 Å². The Balaban J connectivity index is 2.14. The van der Waals surface area contributed by atoms with Crippen molar-refractivity contribution in [1.29, 1.82) is 0 Å². The summed E-state index contributed by atoms with van der Waals surface area (Å²) in [4.78, 5) is 12.8. The van der Waals surface area contributed by atoms with Gasteiger partial charge in [-0.3, -0.25) is 4.57 Å². The number of imidazole rings is 1. The van der Waals surface area contributed by atoms with Crippen molar-refractivity contribution < 1.29 is 14.6 Å². The van der Waals surface area contributed by atoms with Crippen molar-refractivity contribution in [2.75, 3.05) is 19.5 Å².